The first-order chi connectivity index (χ1) is 17.9. The van der Waals surface area contributed by atoms with E-state index in [4.69, 9.17) is 30.3 Å². The number of ketones is 2. The molecule has 11 heteroatoms. The minimum absolute atomic E-state index is 0.0456. The lowest BCUT2D eigenvalue weighted by Crippen LogP contribution is -2.56. The lowest BCUT2D eigenvalue weighted by Gasteiger charge is -2.44. The second-order valence-electron chi connectivity index (χ2n) is 9.37. The van der Waals surface area contributed by atoms with Gasteiger partial charge in [-0.2, -0.15) is 4.98 Å². The molecule has 1 aromatic carbocycles. The van der Waals surface area contributed by atoms with Crippen LogP contribution in [0.4, 0.5) is 0 Å². The van der Waals surface area contributed by atoms with E-state index in [2.05, 4.69) is 20.0 Å². The quantitative estimate of drug-likeness (QED) is 0.459. The van der Waals surface area contributed by atoms with Gasteiger partial charge in [-0.05, 0) is 18.6 Å². The highest BCUT2D eigenvalue weighted by Gasteiger charge is 2.60. The number of methoxy groups -OCH3 is 2. The second-order valence-corrected chi connectivity index (χ2v) is 9.75. The van der Waals surface area contributed by atoms with Gasteiger partial charge in [0, 0.05) is 54.8 Å². The van der Waals surface area contributed by atoms with Gasteiger partial charge in [0.25, 0.3) is 0 Å². The van der Waals surface area contributed by atoms with Crippen LogP contribution in [-0.2, 0) is 4.79 Å². The fourth-order valence-corrected chi connectivity index (χ4v) is 5.47. The van der Waals surface area contributed by atoms with Gasteiger partial charge < -0.3 is 23.6 Å². The van der Waals surface area contributed by atoms with Crippen LogP contribution in [0.1, 0.15) is 35.5 Å². The summed E-state index contributed by atoms with van der Waals surface area (Å²) in [6.45, 7) is 3.08. The highest BCUT2D eigenvalue weighted by atomic mass is 35.5. The van der Waals surface area contributed by atoms with Gasteiger partial charge in [0.2, 0.25) is 28.9 Å². The van der Waals surface area contributed by atoms with Crippen LogP contribution in [0.25, 0.3) is 11.4 Å². The van der Waals surface area contributed by atoms with Gasteiger partial charge in [0.05, 0.1) is 20.1 Å². The fraction of sp³-hybridized carbons (Fsp3) is 0.346. The first-order valence-corrected chi connectivity index (χ1v) is 12.2. The van der Waals surface area contributed by atoms with Crippen molar-refractivity contribution >= 4 is 23.2 Å². The molecule has 0 unspecified atom stereocenters. The molecule has 2 aromatic heterocycles. The molecular weight excluding hydrogens is 500 g/mol. The van der Waals surface area contributed by atoms with Gasteiger partial charge in [0.15, 0.2) is 5.75 Å². The molecule has 1 spiro atoms. The Balaban J connectivity index is 1.22. The number of carbonyl (C=O) groups excluding carboxylic acids is 2. The number of hydrogen-bond acceptors (Lipinski definition) is 10. The van der Waals surface area contributed by atoms with E-state index in [1.54, 1.807) is 12.4 Å². The number of aromatic nitrogens is 3. The molecular formula is C26H23ClN4O6. The molecule has 0 bridgehead atoms. The summed E-state index contributed by atoms with van der Waals surface area (Å²) in [4.78, 5) is 37.9. The van der Waals surface area contributed by atoms with Crippen LogP contribution in [-0.4, -0.2) is 64.5 Å². The standard InChI is InChI=1S/C26H23ClN4O6/c1-13-7-16(31-11-15(12-31)25-29-24(30-37-25)14-5-4-6-28-10-14)8-19(32)26(13)23(33)20-17(34-2)9-18(35-3)21(27)22(20)36-26/h4-6,8-10,13,15H,7,11-12H2,1-3H3/t13-,26+/m1/s1. The van der Waals surface area contributed by atoms with Crippen molar-refractivity contribution in [2.45, 2.75) is 24.9 Å². The predicted octanol–water partition coefficient (Wildman–Crippen LogP) is 3.71. The molecule has 3 aliphatic rings. The Hall–Kier alpha value is -3.92. The summed E-state index contributed by atoms with van der Waals surface area (Å²) in [5.41, 5.74) is 0.0966. The number of fused-ring (bicyclic) bond motifs is 1. The summed E-state index contributed by atoms with van der Waals surface area (Å²) < 4.78 is 22.3. The number of Topliss-reactive ketones (excluding diaryl/α,β-unsaturated/α-hetero) is 1. The van der Waals surface area contributed by atoms with Gasteiger partial charge in [-0.1, -0.05) is 23.7 Å². The van der Waals surface area contributed by atoms with E-state index in [-0.39, 0.29) is 28.0 Å². The topological polar surface area (TPSA) is 117 Å². The number of halogens is 1. The second kappa shape index (κ2) is 8.58. The Labute approximate surface area is 217 Å². The number of hydrogen-bond donors (Lipinski definition) is 0. The molecule has 1 saturated heterocycles. The monoisotopic (exact) mass is 522 g/mol. The average Bonchev–Trinajstić information content (AvgIpc) is 3.47. The summed E-state index contributed by atoms with van der Waals surface area (Å²) in [7, 11) is 2.89. The van der Waals surface area contributed by atoms with Gasteiger partial charge in [-0.25, -0.2) is 0 Å². The molecule has 2 atom stereocenters. The van der Waals surface area contributed by atoms with Crippen LogP contribution in [0.15, 0.2) is 46.9 Å². The lowest BCUT2D eigenvalue weighted by molar-refractivity contribution is -0.129. The smallest absolute Gasteiger partial charge is 0.236 e. The molecule has 37 heavy (non-hydrogen) atoms. The molecule has 0 radical (unpaired) electrons. The van der Waals surface area contributed by atoms with Crippen LogP contribution in [0, 0.1) is 5.92 Å². The molecule has 0 amide bonds. The maximum absolute atomic E-state index is 13.6. The number of ether oxygens (including phenoxy) is 3. The molecule has 6 rings (SSSR count). The van der Waals surface area contributed by atoms with Crippen molar-refractivity contribution in [3.05, 3.63) is 58.8 Å². The summed E-state index contributed by atoms with van der Waals surface area (Å²) in [5.74, 6) is 0.443. The Morgan fingerprint density at radius 3 is 2.65 bits per heavy atom. The summed E-state index contributed by atoms with van der Waals surface area (Å²) in [6.07, 6.45) is 5.34. The lowest BCUT2D eigenvalue weighted by atomic mass is 9.73. The van der Waals surface area contributed by atoms with Gasteiger partial charge in [-0.15, -0.1) is 0 Å². The Morgan fingerprint density at radius 2 is 1.97 bits per heavy atom. The molecule has 2 aliphatic heterocycles. The summed E-state index contributed by atoms with van der Waals surface area (Å²) >= 11 is 6.46. The van der Waals surface area contributed by atoms with E-state index in [1.165, 1.54) is 26.4 Å². The van der Waals surface area contributed by atoms with E-state index in [0.717, 1.165) is 11.3 Å². The van der Waals surface area contributed by atoms with Gasteiger partial charge in [0.1, 0.15) is 22.1 Å². The fourth-order valence-electron chi connectivity index (χ4n) is 5.21. The molecule has 3 aromatic rings. The number of rotatable bonds is 5. The van der Waals surface area contributed by atoms with Crippen molar-refractivity contribution in [2.75, 3.05) is 27.3 Å². The van der Waals surface area contributed by atoms with Crippen molar-refractivity contribution in [1.29, 1.82) is 0 Å². The zero-order chi connectivity index (χ0) is 25.9. The van der Waals surface area contributed by atoms with E-state index in [9.17, 15) is 9.59 Å². The summed E-state index contributed by atoms with van der Waals surface area (Å²) in [5, 5.41) is 4.20. The number of pyridine rings is 1. The van der Waals surface area contributed by atoms with Gasteiger partial charge >= 0.3 is 0 Å². The first kappa shape index (κ1) is 23.5. The average molecular weight is 523 g/mol. The molecule has 0 N–H and O–H groups in total. The van der Waals surface area contributed by atoms with Crippen molar-refractivity contribution in [2.24, 2.45) is 5.92 Å². The Bertz CT molecular complexity index is 1450. The number of nitrogens with zero attached hydrogens (tertiary/aromatic N) is 4. The van der Waals surface area contributed by atoms with Gasteiger partial charge in [-0.3, -0.25) is 14.6 Å². The van der Waals surface area contributed by atoms with Crippen molar-refractivity contribution < 1.29 is 28.3 Å². The van der Waals surface area contributed by atoms with E-state index in [0.29, 0.717) is 37.0 Å². The molecule has 0 saturated carbocycles. The largest absolute Gasteiger partial charge is 0.496 e. The minimum Gasteiger partial charge on any atom is -0.496 e. The van der Waals surface area contributed by atoms with E-state index >= 15 is 0 Å². The number of carbonyl (C=O) groups is 2. The van der Waals surface area contributed by atoms with E-state index < -0.39 is 23.1 Å². The molecule has 4 heterocycles. The Kier molecular flexibility index (Phi) is 5.45. The van der Waals surface area contributed by atoms with Crippen LogP contribution < -0.4 is 14.2 Å². The third kappa shape index (κ3) is 3.42. The number of benzene rings is 1. The number of likely N-dealkylation sites (tertiary alicyclic amines) is 1. The van der Waals surface area contributed by atoms with E-state index in [1.807, 2.05) is 19.1 Å². The highest BCUT2D eigenvalue weighted by molar-refractivity contribution is 6.36. The molecule has 1 aliphatic carbocycles. The summed E-state index contributed by atoms with van der Waals surface area (Å²) in [6, 6.07) is 5.21. The molecule has 10 nitrogen and oxygen atoms in total. The zero-order valence-corrected chi connectivity index (χ0v) is 21.1. The molecule has 1 fully saturated rings. The minimum atomic E-state index is -1.69. The third-order valence-corrected chi connectivity index (χ3v) is 7.65. The third-order valence-electron chi connectivity index (χ3n) is 7.29. The molecule has 190 valence electrons. The number of allylic oxidation sites excluding steroid dienone is 1. The Morgan fingerprint density at radius 1 is 1.19 bits per heavy atom. The van der Waals surface area contributed by atoms with Crippen molar-refractivity contribution in [3.8, 4) is 28.6 Å². The normalized spacial score (nSPS) is 23.0. The van der Waals surface area contributed by atoms with Crippen LogP contribution in [0.3, 0.4) is 0 Å². The zero-order valence-electron chi connectivity index (χ0n) is 20.4. The maximum atomic E-state index is 13.6. The SMILES string of the molecule is COc1cc(OC)c2c(c1Cl)O[C@@]1(C(=O)C=C(N3CC(c4nc(-c5cccnc5)no4)C3)C[C@H]1C)C2=O. The van der Waals surface area contributed by atoms with Crippen LogP contribution >= 0.6 is 11.6 Å². The van der Waals surface area contributed by atoms with Crippen LogP contribution in [0.5, 0.6) is 17.2 Å². The highest BCUT2D eigenvalue weighted by Crippen LogP contribution is 2.53. The van der Waals surface area contributed by atoms with Crippen molar-refractivity contribution in [3.63, 3.8) is 0 Å². The van der Waals surface area contributed by atoms with Crippen LogP contribution in [0.2, 0.25) is 5.02 Å². The maximum Gasteiger partial charge on any atom is 0.236 e. The predicted molar refractivity (Wildman–Crippen MR) is 131 cm³/mol. The van der Waals surface area contributed by atoms with Crippen molar-refractivity contribution in [1.82, 2.24) is 20.0 Å². The first-order valence-electron chi connectivity index (χ1n) is 11.8.